The lowest BCUT2D eigenvalue weighted by Crippen LogP contribution is -2.41. The van der Waals surface area contributed by atoms with Crippen LogP contribution in [-0.4, -0.2) is 76.7 Å². The molecule has 9 nitrogen and oxygen atoms in total. The smallest absolute Gasteiger partial charge is 0.325 e. The Morgan fingerprint density at radius 2 is 1.83 bits per heavy atom. The molecule has 3 heterocycles. The van der Waals surface area contributed by atoms with E-state index in [1.54, 1.807) is 6.07 Å². The number of carbonyl (C=O) groups excluding carboxylic acids is 2. The topological polar surface area (TPSA) is 107 Å². The van der Waals surface area contributed by atoms with Gasteiger partial charge in [0.05, 0.1) is 24.6 Å². The number of amides is 3. The third kappa shape index (κ3) is 7.67. The number of aliphatic hydroxyl groups excluding tert-OH is 1. The fraction of sp³-hybridized carbons (Fsp3) is 0.323. The number of anilines is 1. The summed E-state index contributed by atoms with van der Waals surface area (Å²) in [7, 11) is 0. The first-order valence-electron chi connectivity index (χ1n) is 13.7. The van der Waals surface area contributed by atoms with E-state index >= 15 is 0 Å². The Hall–Kier alpha value is -4.37. The third-order valence-corrected chi connectivity index (χ3v) is 7.19. The van der Waals surface area contributed by atoms with Crippen molar-refractivity contribution in [2.45, 2.75) is 31.4 Å². The number of urea groups is 1. The zero-order valence-electron chi connectivity index (χ0n) is 22.9. The van der Waals surface area contributed by atoms with Crippen molar-refractivity contribution in [2.75, 3.05) is 38.0 Å². The standard InChI is InChI=1S/C31H31F2N5O4/c32-23-7-5-21(6-8-23)16-30(40)36-31(41)35-24-9-10-29(25(33)17-24)42-28-11-12-34-18-22(28)4-3-13-37-19-26(27(39)20-37)38-14-1-2-15-38/h5-12,17-18,26-27,39H,1-2,13-16,19-20H2,(H2,35,36,40,41)/t26-,27-/m1/s1. The number of nitrogens with one attached hydrogen (secondary N) is 2. The molecule has 0 aliphatic carbocycles. The molecule has 11 heteroatoms. The molecule has 3 aromatic rings. The lowest BCUT2D eigenvalue weighted by molar-refractivity contribution is -0.119. The highest BCUT2D eigenvalue weighted by Gasteiger charge is 2.35. The average molecular weight is 576 g/mol. The molecule has 3 amide bonds. The number of imide groups is 1. The number of likely N-dealkylation sites (tertiary alicyclic amines) is 2. The van der Waals surface area contributed by atoms with Gasteiger partial charge < -0.3 is 15.2 Å². The van der Waals surface area contributed by atoms with E-state index in [2.05, 4.69) is 37.3 Å². The van der Waals surface area contributed by atoms with Crippen LogP contribution in [0.5, 0.6) is 11.5 Å². The molecule has 5 rings (SSSR count). The van der Waals surface area contributed by atoms with Crippen molar-refractivity contribution >= 4 is 17.6 Å². The van der Waals surface area contributed by atoms with E-state index in [4.69, 9.17) is 4.74 Å². The first-order valence-corrected chi connectivity index (χ1v) is 13.7. The fourth-order valence-corrected chi connectivity index (χ4v) is 5.12. The second-order valence-electron chi connectivity index (χ2n) is 10.3. The Labute approximate surface area is 242 Å². The van der Waals surface area contributed by atoms with Gasteiger partial charge in [-0.3, -0.25) is 24.9 Å². The fourth-order valence-electron chi connectivity index (χ4n) is 5.12. The van der Waals surface area contributed by atoms with Crippen molar-refractivity contribution in [3.63, 3.8) is 0 Å². The van der Waals surface area contributed by atoms with Crippen LogP contribution in [0.3, 0.4) is 0 Å². The van der Waals surface area contributed by atoms with Crippen molar-refractivity contribution in [1.29, 1.82) is 0 Å². The van der Waals surface area contributed by atoms with Gasteiger partial charge in [0.1, 0.15) is 11.6 Å². The molecule has 2 aliphatic rings. The summed E-state index contributed by atoms with van der Waals surface area (Å²) in [6.45, 7) is 3.85. The Morgan fingerprint density at radius 1 is 1.05 bits per heavy atom. The second-order valence-corrected chi connectivity index (χ2v) is 10.3. The minimum atomic E-state index is -0.834. The van der Waals surface area contributed by atoms with Crippen molar-refractivity contribution in [3.8, 4) is 23.3 Å². The molecular formula is C31H31F2N5O4. The molecule has 2 saturated heterocycles. The highest BCUT2D eigenvalue weighted by atomic mass is 19.1. The lowest BCUT2D eigenvalue weighted by atomic mass is 10.1. The van der Waals surface area contributed by atoms with E-state index < -0.39 is 29.7 Å². The van der Waals surface area contributed by atoms with Crippen LogP contribution < -0.4 is 15.4 Å². The van der Waals surface area contributed by atoms with E-state index in [9.17, 15) is 23.5 Å². The largest absolute Gasteiger partial charge is 0.453 e. The van der Waals surface area contributed by atoms with E-state index in [1.807, 2.05) is 0 Å². The normalized spacial score (nSPS) is 18.7. The molecule has 0 spiro atoms. The van der Waals surface area contributed by atoms with Crippen LogP contribution in [0, 0.1) is 23.5 Å². The van der Waals surface area contributed by atoms with Crippen LogP contribution in [0.2, 0.25) is 0 Å². The van der Waals surface area contributed by atoms with Gasteiger partial charge in [-0.15, -0.1) is 0 Å². The van der Waals surface area contributed by atoms with Gasteiger partial charge in [0.15, 0.2) is 11.6 Å². The lowest BCUT2D eigenvalue weighted by Gasteiger charge is -2.25. The quantitative estimate of drug-likeness (QED) is 0.370. The molecule has 2 aromatic carbocycles. The van der Waals surface area contributed by atoms with Gasteiger partial charge in [-0.1, -0.05) is 24.0 Å². The number of aromatic nitrogens is 1. The molecule has 218 valence electrons. The summed E-state index contributed by atoms with van der Waals surface area (Å²) in [6.07, 6.45) is 4.88. The molecule has 0 radical (unpaired) electrons. The van der Waals surface area contributed by atoms with Crippen molar-refractivity contribution in [1.82, 2.24) is 20.1 Å². The van der Waals surface area contributed by atoms with Crippen LogP contribution in [0.25, 0.3) is 0 Å². The summed E-state index contributed by atoms with van der Waals surface area (Å²) in [4.78, 5) is 32.9. The predicted octanol–water partition coefficient (Wildman–Crippen LogP) is 3.54. The first-order chi connectivity index (χ1) is 20.3. The maximum Gasteiger partial charge on any atom is 0.325 e. The van der Waals surface area contributed by atoms with Crippen molar-refractivity contribution < 1.29 is 28.2 Å². The van der Waals surface area contributed by atoms with Gasteiger partial charge in [0, 0.05) is 49.3 Å². The Bertz CT molecular complexity index is 1480. The molecule has 3 N–H and O–H groups in total. The van der Waals surface area contributed by atoms with Crippen LogP contribution in [0.1, 0.15) is 24.0 Å². The van der Waals surface area contributed by atoms with Gasteiger partial charge in [0.25, 0.3) is 0 Å². The number of pyridine rings is 1. The van der Waals surface area contributed by atoms with Crippen LogP contribution in [0.4, 0.5) is 19.3 Å². The second kappa shape index (κ2) is 13.5. The molecule has 2 atom stereocenters. The summed E-state index contributed by atoms with van der Waals surface area (Å²) >= 11 is 0. The van der Waals surface area contributed by atoms with Crippen molar-refractivity contribution in [3.05, 3.63) is 83.7 Å². The SMILES string of the molecule is O=C(Cc1ccc(F)cc1)NC(=O)Nc1ccc(Oc2ccncc2C#CCN2C[C@@H](O)[C@H](N3CCCC3)C2)c(F)c1. The Balaban J connectivity index is 1.15. The van der Waals surface area contributed by atoms with E-state index in [0.29, 0.717) is 30.0 Å². The van der Waals surface area contributed by atoms with E-state index in [1.165, 1.54) is 61.6 Å². The number of β-amino-alcohol motifs (C(OH)–C–C–N with tert-alkyl or cyclic N) is 1. The maximum atomic E-state index is 14.9. The maximum absolute atomic E-state index is 14.9. The highest BCUT2D eigenvalue weighted by molar-refractivity contribution is 6.01. The summed E-state index contributed by atoms with van der Waals surface area (Å²) in [5, 5.41) is 15.0. The summed E-state index contributed by atoms with van der Waals surface area (Å²) in [5.74, 6) is 4.63. The predicted molar refractivity (Wildman–Crippen MR) is 152 cm³/mol. The number of benzene rings is 2. The molecule has 42 heavy (non-hydrogen) atoms. The summed E-state index contributed by atoms with van der Waals surface area (Å²) < 4.78 is 33.7. The molecule has 0 unspecified atom stereocenters. The number of hydrogen-bond donors (Lipinski definition) is 3. The van der Waals surface area contributed by atoms with Gasteiger partial charge in [-0.05, 0) is 55.8 Å². The molecule has 0 bridgehead atoms. The third-order valence-electron chi connectivity index (χ3n) is 7.19. The zero-order valence-corrected chi connectivity index (χ0v) is 22.9. The number of nitrogens with zero attached hydrogens (tertiary/aromatic N) is 3. The van der Waals surface area contributed by atoms with Crippen molar-refractivity contribution in [2.24, 2.45) is 0 Å². The summed E-state index contributed by atoms with van der Waals surface area (Å²) in [5.41, 5.74) is 1.13. The van der Waals surface area contributed by atoms with Gasteiger partial charge in [0.2, 0.25) is 5.91 Å². The molecule has 0 saturated carbocycles. The minimum absolute atomic E-state index is 0.0845. The molecule has 2 aliphatic heterocycles. The number of halogens is 2. The van der Waals surface area contributed by atoms with Gasteiger partial charge >= 0.3 is 6.03 Å². The highest BCUT2D eigenvalue weighted by Crippen LogP contribution is 2.28. The molecule has 2 fully saturated rings. The Morgan fingerprint density at radius 3 is 2.60 bits per heavy atom. The number of hydrogen-bond acceptors (Lipinski definition) is 7. The van der Waals surface area contributed by atoms with Gasteiger partial charge in [-0.25, -0.2) is 13.6 Å². The molecule has 1 aromatic heterocycles. The van der Waals surface area contributed by atoms with Crippen LogP contribution in [0.15, 0.2) is 60.9 Å². The summed E-state index contributed by atoms with van der Waals surface area (Å²) in [6, 6.07) is 10.1. The number of ether oxygens (including phenoxy) is 1. The number of aliphatic hydroxyl groups is 1. The zero-order chi connectivity index (χ0) is 29.5. The van der Waals surface area contributed by atoms with Crippen LogP contribution in [-0.2, 0) is 11.2 Å². The Kier molecular flexibility index (Phi) is 9.38. The van der Waals surface area contributed by atoms with E-state index in [0.717, 1.165) is 25.7 Å². The number of carbonyl (C=O) groups is 2. The monoisotopic (exact) mass is 575 g/mol. The number of rotatable bonds is 7. The van der Waals surface area contributed by atoms with E-state index in [-0.39, 0.29) is 23.9 Å². The van der Waals surface area contributed by atoms with Gasteiger partial charge in [-0.2, -0.15) is 0 Å². The molecular weight excluding hydrogens is 544 g/mol. The average Bonchev–Trinajstić information content (AvgIpc) is 3.62. The first kappa shape index (κ1) is 29.1. The minimum Gasteiger partial charge on any atom is -0.453 e. The van der Waals surface area contributed by atoms with Crippen LogP contribution >= 0.6 is 0 Å².